The van der Waals surface area contributed by atoms with Crippen LogP contribution in [-0.4, -0.2) is 15.5 Å². The molecule has 2 N–H and O–H groups in total. The SMILES string of the molecule is Cc1cc(C)c(NC(=O)c2c[nH]c(=O)n2Cc2ccccc2)c(C)c1. The topological polar surface area (TPSA) is 66.9 Å². The van der Waals surface area contributed by atoms with Crippen LogP contribution in [0.3, 0.4) is 0 Å². The van der Waals surface area contributed by atoms with Crippen LogP contribution in [0.1, 0.15) is 32.7 Å². The zero-order valence-electron chi connectivity index (χ0n) is 14.6. The van der Waals surface area contributed by atoms with Crippen LogP contribution in [-0.2, 0) is 6.54 Å². The minimum Gasteiger partial charge on any atom is -0.320 e. The number of benzene rings is 2. The summed E-state index contributed by atoms with van der Waals surface area (Å²) >= 11 is 0. The van der Waals surface area contributed by atoms with Crippen molar-refractivity contribution in [3.05, 3.63) is 87.1 Å². The Morgan fingerprint density at radius 3 is 2.36 bits per heavy atom. The highest BCUT2D eigenvalue weighted by atomic mass is 16.2. The summed E-state index contributed by atoms with van der Waals surface area (Å²) in [5, 5.41) is 2.94. The summed E-state index contributed by atoms with van der Waals surface area (Å²) in [5.41, 5.74) is 4.91. The molecule has 3 aromatic rings. The molecule has 0 fully saturated rings. The number of hydrogen-bond donors (Lipinski definition) is 2. The lowest BCUT2D eigenvalue weighted by Gasteiger charge is -2.13. The Bertz CT molecular complexity index is 945. The molecule has 1 heterocycles. The van der Waals surface area contributed by atoms with Gasteiger partial charge in [-0.05, 0) is 37.5 Å². The van der Waals surface area contributed by atoms with Crippen LogP contribution in [0.4, 0.5) is 5.69 Å². The second kappa shape index (κ2) is 6.81. The van der Waals surface area contributed by atoms with Crippen molar-refractivity contribution in [3.63, 3.8) is 0 Å². The first-order valence-electron chi connectivity index (χ1n) is 8.17. The highest BCUT2D eigenvalue weighted by molar-refractivity contribution is 6.03. The van der Waals surface area contributed by atoms with Crippen molar-refractivity contribution in [2.75, 3.05) is 5.32 Å². The summed E-state index contributed by atoms with van der Waals surface area (Å²) < 4.78 is 1.45. The van der Waals surface area contributed by atoms with E-state index in [-0.39, 0.29) is 11.6 Å². The van der Waals surface area contributed by atoms with Gasteiger partial charge in [-0.25, -0.2) is 4.79 Å². The van der Waals surface area contributed by atoms with Crippen LogP contribution in [0.2, 0.25) is 0 Å². The van der Waals surface area contributed by atoms with Crippen LogP contribution in [0.5, 0.6) is 0 Å². The van der Waals surface area contributed by atoms with E-state index in [1.807, 2.05) is 63.2 Å². The Morgan fingerprint density at radius 2 is 1.72 bits per heavy atom. The van der Waals surface area contributed by atoms with E-state index in [0.29, 0.717) is 12.2 Å². The Balaban J connectivity index is 1.90. The van der Waals surface area contributed by atoms with Gasteiger partial charge in [-0.15, -0.1) is 0 Å². The standard InChI is InChI=1S/C20H21N3O2/c1-13-9-14(2)18(15(3)10-13)22-19(24)17-11-21-20(25)23(17)12-16-7-5-4-6-8-16/h4-11H,12H2,1-3H3,(H,21,25)(H,22,24). The van der Waals surface area contributed by atoms with Gasteiger partial charge in [-0.3, -0.25) is 9.36 Å². The van der Waals surface area contributed by atoms with Crippen molar-refractivity contribution in [1.82, 2.24) is 9.55 Å². The Labute approximate surface area is 146 Å². The van der Waals surface area contributed by atoms with Crippen molar-refractivity contribution >= 4 is 11.6 Å². The van der Waals surface area contributed by atoms with E-state index >= 15 is 0 Å². The quantitative estimate of drug-likeness (QED) is 0.767. The predicted molar refractivity (Wildman–Crippen MR) is 99.2 cm³/mol. The lowest BCUT2D eigenvalue weighted by Crippen LogP contribution is -2.25. The fourth-order valence-corrected chi connectivity index (χ4v) is 3.06. The monoisotopic (exact) mass is 335 g/mol. The van der Waals surface area contributed by atoms with Gasteiger partial charge in [-0.1, -0.05) is 48.0 Å². The lowest BCUT2D eigenvalue weighted by molar-refractivity contribution is 0.101. The van der Waals surface area contributed by atoms with Gasteiger partial charge in [0.15, 0.2) is 0 Å². The minimum absolute atomic E-state index is 0.300. The normalized spacial score (nSPS) is 10.7. The third-order valence-electron chi connectivity index (χ3n) is 4.20. The number of rotatable bonds is 4. The van der Waals surface area contributed by atoms with Gasteiger partial charge in [0.05, 0.1) is 6.54 Å². The number of carbonyl (C=O) groups excluding carboxylic acids is 1. The molecule has 0 aliphatic carbocycles. The first kappa shape index (κ1) is 16.8. The number of aryl methyl sites for hydroxylation is 3. The number of aromatic nitrogens is 2. The number of nitrogens with zero attached hydrogens (tertiary/aromatic N) is 1. The van der Waals surface area contributed by atoms with Gasteiger partial charge >= 0.3 is 5.69 Å². The van der Waals surface area contributed by atoms with Gasteiger partial charge in [0.1, 0.15) is 5.69 Å². The number of hydrogen-bond acceptors (Lipinski definition) is 2. The highest BCUT2D eigenvalue weighted by Gasteiger charge is 2.16. The molecule has 0 unspecified atom stereocenters. The maximum atomic E-state index is 12.7. The maximum absolute atomic E-state index is 12.7. The summed E-state index contributed by atoms with van der Waals surface area (Å²) in [7, 11) is 0. The van der Waals surface area contributed by atoms with Crippen molar-refractivity contribution < 1.29 is 4.79 Å². The molecule has 5 heteroatoms. The fourth-order valence-electron chi connectivity index (χ4n) is 3.06. The summed E-state index contributed by atoms with van der Waals surface area (Å²) in [6, 6.07) is 13.6. The summed E-state index contributed by atoms with van der Waals surface area (Å²) in [6.07, 6.45) is 1.46. The number of amides is 1. The van der Waals surface area contributed by atoms with Crippen molar-refractivity contribution in [2.45, 2.75) is 27.3 Å². The molecule has 0 radical (unpaired) electrons. The molecule has 128 valence electrons. The van der Waals surface area contributed by atoms with Crippen molar-refractivity contribution in [1.29, 1.82) is 0 Å². The number of aromatic amines is 1. The van der Waals surface area contributed by atoms with Gasteiger partial charge in [0.25, 0.3) is 5.91 Å². The second-order valence-corrected chi connectivity index (χ2v) is 6.28. The molecule has 5 nitrogen and oxygen atoms in total. The van der Waals surface area contributed by atoms with Gasteiger partial charge in [0.2, 0.25) is 0 Å². The first-order valence-corrected chi connectivity index (χ1v) is 8.17. The fraction of sp³-hybridized carbons (Fsp3) is 0.200. The Morgan fingerprint density at radius 1 is 1.08 bits per heavy atom. The van der Waals surface area contributed by atoms with E-state index in [9.17, 15) is 9.59 Å². The predicted octanol–water partition coefficient (Wildman–Crippen LogP) is 3.40. The van der Waals surface area contributed by atoms with Gasteiger partial charge in [-0.2, -0.15) is 0 Å². The van der Waals surface area contributed by atoms with E-state index < -0.39 is 0 Å². The summed E-state index contributed by atoms with van der Waals surface area (Å²) in [4.78, 5) is 27.5. The third-order valence-corrected chi connectivity index (χ3v) is 4.20. The van der Waals surface area contributed by atoms with E-state index in [2.05, 4.69) is 10.3 Å². The molecule has 3 rings (SSSR count). The van der Waals surface area contributed by atoms with Crippen molar-refractivity contribution in [3.8, 4) is 0 Å². The molecular formula is C20H21N3O2. The molecule has 2 aromatic carbocycles. The maximum Gasteiger partial charge on any atom is 0.326 e. The number of carbonyl (C=O) groups is 1. The van der Waals surface area contributed by atoms with E-state index in [1.54, 1.807) is 0 Å². The van der Waals surface area contributed by atoms with Crippen LogP contribution in [0.15, 0.2) is 53.5 Å². The molecule has 0 saturated heterocycles. The molecule has 1 amide bonds. The zero-order chi connectivity index (χ0) is 18.0. The molecule has 0 atom stereocenters. The molecule has 0 bridgehead atoms. The molecule has 0 spiro atoms. The first-order chi connectivity index (χ1) is 12.0. The number of nitrogens with one attached hydrogen (secondary N) is 2. The summed E-state index contributed by atoms with van der Waals surface area (Å²) in [6.45, 7) is 6.29. The molecular weight excluding hydrogens is 314 g/mol. The number of H-pyrrole nitrogens is 1. The van der Waals surface area contributed by atoms with E-state index in [4.69, 9.17) is 0 Å². The molecule has 0 saturated carbocycles. The van der Waals surface area contributed by atoms with Crippen LogP contribution in [0, 0.1) is 20.8 Å². The van der Waals surface area contributed by atoms with Gasteiger partial charge in [0, 0.05) is 11.9 Å². The summed E-state index contributed by atoms with van der Waals surface area (Å²) in [5.74, 6) is -0.302. The Hall–Kier alpha value is -3.08. The Kier molecular flexibility index (Phi) is 4.57. The average Bonchev–Trinajstić information content (AvgIpc) is 2.93. The minimum atomic E-state index is -0.302. The lowest BCUT2D eigenvalue weighted by atomic mass is 10.1. The number of anilines is 1. The smallest absolute Gasteiger partial charge is 0.320 e. The average molecular weight is 335 g/mol. The molecule has 0 aliphatic rings. The third kappa shape index (κ3) is 3.55. The molecule has 25 heavy (non-hydrogen) atoms. The second-order valence-electron chi connectivity index (χ2n) is 6.28. The molecule has 1 aromatic heterocycles. The number of imidazole rings is 1. The molecule has 0 aliphatic heterocycles. The van der Waals surface area contributed by atoms with E-state index in [1.165, 1.54) is 10.8 Å². The van der Waals surface area contributed by atoms with Gasteiger partial charge < -0.3 is 10.3 Å². The van der Waals surface area contributed by atoms with E-state index in [0.717, 1.165) is 27.9 Å². The van der Waals surface area contributed by atoms with Crippen LogP contribution < -0.4 is 11.0 Å². The highest BCUT2D eigenvalue weighted by Crippen LogP contribution is 2.22. The van der Waals surface area contributed by atoms with Crippen molar-refractivity contribution in [2.24, 2.45) is 0 Å². The largest absolute Gasteiger partial charge is 0.326 e. The van der Waals surface area contributed by atoms with Crippen LogP contribution >= 0.6 is 0 Å². The van der Waals surface area contributed by atoms with Crippen LogP contribution in [0.25, 0.3) is 0 Å². The zero-order valence-corrected chi connectivity index (χ0v) is 14.6.